The summed E-state index contributed by atoms with van der Waals surface area (Å²) in [6, 6.07) is 7.18. The van der Waals surface area contributed by atoms with Gasteiger partial charge in [0.25, 0.3) is 0 Å². The lowest BCUT2D eigenvalue weighted by Gasteiger charge is -2.32. The number of aliphatic carboxylic acids is 1. The number of carboxylic acids is 1. The molecule has 4 nitrogen and oxygen atoms in total. The lowest BCUT2D eigenvalue weighted by atomic mass is 9.94. The molecular weight excluding hydrogens is 357 g/mol. The highest BCUT2D eigenvalue weighted by Crippen LogP contribution is 2.41. The maximum absolute atomic E-state index is 13.6. The van der Waals surface area contributed by atoms with Gasteiger partial charge in [-0.15, -0.1) is 0 Å². The molecule has 1 aliphatic rings. The van der Waals surface area contributed by atoms with Crippen molar-refractivity contribution in [3.05, 3.63) is 65.0 Å². The van der Waals surface area contributed by atoms with Crippen LogP contribution in [0.5, 0.6) is 0 Å². The van der Waals surface area contributed by atoms with Crippen LogP contribution in [0.4, 0.5) is 13.2 Å². The van der Waals surface area contributed by atoms with Gasteiger partial charge in [-0.05, 0) is 42.5 Å². The number of halogens is 3. The summed E-state index contributed by atoms with van der Waals surface area (Å²) >= 11 is 0. The Bertz CT molecular complexity index is 806. The van der Waals surface area contributed by atoms with Crippen molar-refractivity contribution in [2.75, 3.05) is 6.54 Å². The summed E-state index contributed by atoms with van der Waals surface area (Å²) in [5, 5.41) is 9.55. The van der Waals surface area contributed by atoms with Crippen molar-refractivity contribution in [2.24, 2.45) is 0 Å². The second-order valence-electron chi connectivity index (χ2n) is 6.67. The first kappa shape index (κ1) is 19.4. The maximum atomic E-state index is 13.6. The number of nitrogens with zero attached hydrogens (tertiary/aromatic N) is 2. The van der Waals surface area contributed by atoms with Gasteiger partial charge in [0.15, 0.2) is 0 Å². The highest BCUT2D eigenvalue weighted by Gasteiger charge is 2.42. The summed E-state index contributed by atoms with van der Waals surface area (Å²) in [6.07, 6.45) is -1.10. The molecule has 1 aromatic carbocycles. The number of hydrogen-bond donors (Lipinski definition) is 1. The fraction of sp³-hybridized carbons (Fsp3) is 0.400. The van der Waals surface area contributed by atoms with Crippen LogP contribution in [-0.4, -0.2) is 33.5 Å². The van der Waals surface area contributed by atoms with E-state index in [2.05, 4.69) is 4.98 Å². The minimum atomic E-state index is -4.53. The fourth-order valence-corrected chi connectivity index (χ4v) is 3.67. The van der Waals surface area contributed by atoms with E-state index in [1.165, 1.54) is 12.1 Å². The van der Waals surface area contributed by atoms with Crippen molar-refractivity contribution < 1.29 is 23.1 Å². The molecule has 144 valence electrons. The molecule has 2 aromatic rings. The minimum Gasteiger partial charge on any atom is -0.480 e. The van der Waals surface area contributed by atoms with E-state index < -0.39 is 29.8 Å². The number of alkyl halides is 3. The van der Waals surface area contributed by atoms with Gasteiger partial charge in [0, 0.05) is 12.7 Å². The Balaban J connectivity index is 2.15. The average Bonchev–Trinajstić information content (AvgIpc) is 3.12. The van der Waals surface area contributed by atoms with Crippen molar-refractivity contribution >= 4 is 5.97 Å². The van der Waals surface area contributed by atoms with Gasteiger partial charge in [0.05, 0.1) is 17.3 Å². The summed E-state index contributed by atoms with van der Waals surface area (Å²) in [6.45, 7) is 2.37. The van der Waals surface area contributed by atoms with E-state index in [1.807, 2.05) is 13.0 Å². The van der Waals surface area contributed by atoms with E-state index in [0.717, 1.165) is 18.1 Å². The zero-order chi connectivity index (χ0) is 19.6. The molecule has 1 N–H and O–H groups in total. The number of rotatable bonds is 5. The average molecular weight is 378 g/mol. The van der Waals surface area contributed by atoms with Gasteiger partial charge in [0.2, 0.25) is 0 Å². The lowest BCUT2D eigenvalue weighted by molar-refractivity contribution is -0.143. The molecule has 0 radical (unpaired) electrons. The van der Waals surface area contributed by atoms with Crippen LogP contribution in [0.2, 0.25) is 0 Å². The summed E-state index contributed by atoms with van der Waals surface area (Å²) in [5.74, 6) is -1.02. The minimum absolute atomic E-state index is 0.0369. The molecule has 7 heteroatoms. The largest absolute Gasteiger partial charge is 0.480 e. The molecule has 0 aliphatic carbocycles. The van der Waals surface area contributed by atoms with Crippen molar-refractivity contribution in [3.63, 3.8) is 0 Å². The van der Waals surface area contributed by atoms with Crippen molar-refractivity contribution in [3.8, 4) is 0 Å². The van der Waals surface area contributed by atoms with Crippen LogP contribution in [0.25, 0.3) is 0 Å². The topological polar surface area (TPSA) is 53.4 Å². The molecule has 0 spiro atoms. The number of aromatic nitrogens is 1. The Morgan fingerprint density at radius 3 is 2.63 bits per heavy atom. The van der Waals surface area contributed by atoms with E-state index in [-0.39, 0.29) is 5.56 Å². The first-order valence-corrected chi connectivity index (χ1v) is 8.92. The van der Waals surface area contributed by atoms with E-state index in [4.69, 9.17) is 0 Å². The SMILES string of the molecule is CCc1ccc(C(c2ccccc2C(F)(F)F)N2CCCC2C(=O)O)nc1. The Morgan fingerprint density at radius 1 is 1.30 bits per heavy atom. The third kappa shape index (κ3) is 3.98. The van der Waals surface area contributed by atoms with E-state index in [0.29, 0.717) is 25.1 Å². The monoisotopic (exact) mass is 378 g/mol. The number of likely N-dealkylation sites (tertiary alicyclic amines) is 1. The molecule has 0 saturated carbocycles. The molecule has 1 aliphatic heterocycles. The number of benzene rings is 1. The standard InChI is InChI=1S/C20H21F3N2O2/c1-2-13-9-10-16(24-12-13)18(25-11-5-8-17(25)19(26)27)14-6-3-4-7-15(14)20(21,22)23/h3-4,6-7,9-10,12,17-18H,2,5,8,11H2,1H3,(H,26,27). The molecule has 1 fully saturated rings. The van der Waals surface area contributed by atoms with E-state index >= 15 is 0 Å². The summed E-state index contributed by atoms with van der Waals surface area (Å²) < 4.78 is 40.9. The third-order valence-corrected chi connectivity index (χ3v) is 5.01. The molecule has 1 aromatic heterocycles. The van der Waals surface area contributed by atoms with Gasteiger partial charge in [-0.2, -0.15) is 13.2 Å². The summed E-state index contributed by atoms with van der Waals surface area (Å²) in [7, 11) is 0. The molecule has 3 rings (SSSR count). The third-order valence-electron chi connectivity index (χ3n) is 5.01. The molecule has 1 saturated heterocycles. The zero-order valence-electron chi connectivity index (χ0n) is 14.9. The number of pyridine rings is 1. The van der Waals surface area contributed by atoms with Crippen molar-refractivity contribution in [1.82, 2.24) is 9.88 Å². The highest BCUT2D eigenvalue weighted by atomic mass is 19.4. The quantitative estimate of drug-likeness (QED) is 0.843. The predicted molar refractivity (Wildman–Crippen MR) is 94.3 cm³/mol. The van der Waals surface area contributed by atoms with Gasteiger partial charge in [-0.25, -0.2) is 0 Å². The second kappa shape index (κ2) is 7.68. The van der Waals surface area contributed by atoms with Gasteiger partial charge < -0.3 is 5.11 Å². The molecule has 2 unspecified atom stereocenters. The maximum Gasteiger partial charge on any atom is 0.416 e. The van der Waals surface area contributed by atoms with Crippen LogP contribution >= 0.6 is 0 Å². The van der Waals surface area contributed by atoms with Crippen LogP contribution in [0.15, 0.2) is 42.6 Å². The van der Waals surface area contributed by atoms with Gasteiger partial charge >= 0.3 is 12.1 Å². The Labute approximate surface area is 155 Å². The summed E-state index contributed by atoms with van der Waals surface area (Å²) in [4.78, 5) is 17.7. The van der Waals surface area contributed by atoms with E-state index in [9.17, 15) is 23.1 Å². The van der Waals surface area contributed by atoms with Crippen molar-refractivity contribution in [2.45, 2.75) is 44.4 Å². The summed E-state index contributed by atoms with van der Waals surface area (Å²) in [5.41, 5.74) is 0.678. The van der Waals surface area contributed by atoms with Crippen LogP contribution in [0, 0.1) is 0 Å². The molecule has 27 heavy (non-hydrogen) atoms. The van der Waals surface area contributed by atoms with Crippen molar-refractivity contribution in [1.29, 1.82) is 0 Å². The number of carbonyl (C=O) groups is 1. The highest BCUT2D eigenvalue weighted by molar-refractivity contribution is 5.74. The number of aryl methyl sites for hydroxylation is 1. The lowest BCUT2D eigenvalue weighted by Crippen LogP contribution is -2.40. The number of hydrogen-bond acceptors (Lipinski definition) is 3. The normalized spacial score (nSPS) is 19.2. The second-order valence-corrected chi connectivity index (χ2v) is 6.67. The Kier molecular flexibility index (Phi) is 5.51. The first-order valence-electron chi connectivity index (χ1n) is 8.92. The molecular formula is C20H21F3N2O2. The smallest absolute Gasteiger partial charge is 0.416 e. The first-order chi connectivity index (χ1) is 12.8. The van der Waals surface area contributed by atoms with Crippen LogP contribution in [0.1, 0.15) is 48.2 Å². The molecule has 2 atom stereocenters. The molecule has 0 bridgehead atoms. The molecule has 0 amide bonds. The predicted octanol–water partition coefficient (Wildman–Crippen LogP) is 4.30. The van der Waals surface area contributed by atoms with Gasteiger partial charge in [-0.3, -0.25) is 14.7 Å². The fourth-order valence-electron chi connectivity index (χ4n) is 3.67. The van der Waals surface area contributed by atoms with Crippen LogP contribution < -0.4 is 0 Å². The molecule has 2 heterocycles. The van der Waals surface area contributed by atoms with Gasteiger partial charge in [-0.1, -0.05) is 31.2 Å². The zero-order valence-corrected chi connectivity index (χ0v) is 14.9. The van der Waals surface area contributed by atoms with Crippen LogP contribution in [-0.2, 0) is 17.4 Å². The Hall–Kier alpha value is -2.41. The number of carboxylic acid groups (broad SMARTS) is 1. The Morgan fingerprint density at radius 2 is 2.04 bits per heavy atom. The van der Waals surface area contributed by atoms with Crippen LogP contribution in [0.3, 0.4) is 0 Å². The van der Waals surface area contributed by atoms with E-state index in [1.54, 1.807) is 23.2 Å². The van der Waals surface area contributed by atoms with Gasteiger partial charge in [0.1, 0.15) is 6.04 Å².